The second-order valence-corrected chi connectivity index (χ2v) is 3.39. The number of hydrogen-bond donors (Lipinski definition) is 4. The molecule has 1 rings (SSSR count). The van der Waals surface area contributed by atoms with Gasteiger partial charge in [0.2, 0.25) is 0 Å². The van der Waals surface area contributed by atoms with Crippen LogP contribution in [0.5, 0.6) is 0 Å². The van der Waals surface area contributed by atoms with Crippen LogP contribution in [-0.4, -0.2) is 32.0 Å². The molecule has 1 aromatic heterocycles. The SMILES string of the molecule is Nc1ncc(C(O)C(O)CS)nc1Cl. The van der Waals surface area contributed by atoms with Crippen LogP contribution in [0.1, 0.15) is 11.8 Å². The molecule has 0 aliphatic rings. The van der Waals surface area contributed by atoms with Crippen LogP contribution >= 0.6 is 24.2 Å². The summed E-state index contributed by atoms with van der Waals surface area (Å²) in [4.78, 5) is 7.48. The predicted molar refractivity (Wildman–Crippen MR) is 56.3 cm³/mol. The zero-order chi connectivity index (χ0) is 10.7. The van der Waals surface area contributed by atoms with Gasteiger partial charge in [0.25, 0.3) is 0 Å². The number of halogens is 1. The van der Waals surface area contributed by atoms with Crippen LogP contribution in [0.15, 0.2) is 6.20 Å². The van der Waals surface area contributed by atoms with Crippen LogP contribution in [0.4, 0.5) is 5.82 Å². The quantitative estimate of drug-likeness (QED) is 0.555. The Hall–Kier alpha value is -0.560. The summed E-state index contributed by atoms with van der Waals surface area (Å²) in [5.74, 6) is 0.202. The molecule has 0 amide bonds. The molecule has 14 heavy (non-hydrogen) atoms. The Labute approximate surface area is 91.4 Å². The van der Waals surface area contributed by atoms with E-state index in [2.05, 4.69) is 22.6 Å². The van der Waals surface area contributed by atoms with Gasteiger partial charge < -0.3 is 15.9 Å². The van der Waals surface area contributed by atoms with Crippen molar-refractivity contribution in [3.05, 3.63) is 17.0 Å². The van der Waals surface area contributed by atoms with E-state index in [-0.39, 0.29) is 22.4 Å². The molecule has 0 saturated heterocycles. The van der Waals surface area contributed by atoms with Crippen molar-refractivity contribution in [2.45, 2.75) is 12.2 Å². The molecule has 0 spiro atoms. The second kappa shape index (κ2) is 4.79. The Balaban J connectivity index is 2.91. The van der Waals surface area contributed by atoms with Crippen LogP contribution in [-0.2, 0) is 0 Å². The fourth-order valence-electron chi connectivity index (χ4n) is 0.828. The minimum absolute atomic E-state index is 0.00733. The molecular formula is C7H10ClN3O2S. The van der Waals surface area contributed by atoms with Crippen LogP contribution in [0, 0.1) is 0 Å². The van der Waals surface area contributed by atoms with Gasteiger partial charge in [-0.1, -0.05) is 11.6 Å². The molecule has 0 aliphatic heterocycles. The van der Waals surface area contributed by atoms with Gasteiger partial charge in [0.15, 0.2) is 11.0 Å². The lowest BCUT2D eigenvalue weighted by Crippen LogP contribution is -2.21. The zero-order valence-corrected chi connectivity index (χ0v) is 8.78. The van der Waals surface area contributed by atoms with Crippen molar-refractivity contribution in [1.29, 1.82) is 0 Å². The summed E-state index contributed by atoms with van der Waals surface area (Å²) in [6.07, 6.45) is -0.899. The normalized spacial score (nSPS) is 15.1. The number of nitrogens with two attached hydrogens (primary N) is 1. The highest BCUT2D eigenvalue weighted by molar-refractivity contribution is 7.80. The molecular weight excluding hydrogens is 226 g/mol. The van der Waals surface area contributed by atoms with Gasteiger partial charge in [-0.2, -0.15) is 12.6 Å². The standard InChI is InChI=1S/C7H10ClN3O2S/c8-6-7(9)10-1-3(11-6)5(13)4(12)2-14/h1,4-5,12-14H,2H2,(H2,9,10). The maximum Gasteiger partial charge on any atom is 0.171 e. The zero-order valence-electron chi connectivity index (χ0n) is 7.13. The predicted octanol–water partition coefficient (Wildman–Crippen LogP) is 0.0363. The molecule has 0 aliphatic carbocycles. The average Bonchev–Trinajstić information content (AvgIpc) is 2.20. The molecule has 2 atom stereocenters. The number of hydrogen-bond acceptors (Lipinski definition) is 6. The highest BCUT2D eigenvalue weighted by Crippen LogP contribution is 2.19. The largest absolute Gasteiger partial charge is 0.389 e. The topological polar surface area (TPSA) is 92.3 Å². The Morgan fingerprint density at radius 2 is 2.21 bits per heavy atom. The molecule has 0 bridgehead atoms. The van der Waals surface area contributed by atoms with Gasteiger partial charge in [-0.25, -0.2) is 9.97 Å². The third-order valence-electron chi connectivity index (χ3n) is 1.63. The van der Waals surface area contributed by atoms with Gasteiger partial charge in [0, 0.05) is 5.75 Å². The van der Waals surface area contributed by atoms with Gasteiger partial charge in [0.1, 0.15) is 6.10 Å². The minimum Gasteiger partial charge on any atom is -0.389 e. The fraction of sp³-hybridized carbons (Fsp3) is 0.429. The molecule has 0 radical (unpaired) electrons. The lowest BCUT2D eigenvalue weighted by atomic mass is 10.2. The number of aliphatic hydroxyl groups excluding tert-OH is 2. The van der Waals surface area contributed by atoms with Crippen molar-refractivity contribution in [2.75, 3.05) is 11.5 Å². The van der Waals surface area contributed by atoms with Crippen molar-refractivity contribution in [3.8, 4) is 0 Å². The molecule has 1 aromatic rings. The van der Waals surface area contributed by atoms with Gasteiger partial charge >= 0.3 is 0 Å². The van der Waals surface area contributed by atoms with E-state index in [0.717, 1.165) is 0 Å². The summed E-state index contributed by atoms with van der Waals surface area (Å²) in [6.45, 7) is 0. The number of nitrogens with zero attached hydrogens (tertiary/aromatic N) is 2. The van der Waals surface area contributed by atoms with E-state index in [1.807, 2.05) is 0 Å². The average molecular weight is 236 g/mol. The maximum atomic E-state index is 9.50. The summed E-state index contributed by atoms with van der Waals surface area (Å²) in [6, 6.07) is 0. The highest BCUT2D eigenvalue weighted by Gasteiger charge is 2.19. The second-order valence-electron chi connectivity index (χ2n) is 2.67. The first-order valence-electron chi connectivity index (χ1n) is 3.81. The maximum absolute atomic E-state index is 9.50. The van der Waals surface area contributed by atoms with E-state index < -0.39 is 12.2 Å². The summed E-state index contributed by atoms with van der Waals surface area (Å²) < 4.78 is 0. The monoisotopic (exact) mass is 235 g/mol. The Kier molecular flexibility index (Phi) is 3.94. The Morgan fingerprint density at radius 1 is 1.57 bits per heavy atom. The smallest absolute Gasteiger partial charge is 0.171 e. The molecule has 5 nitrogen and oxygen atoms in total. The molecule has 0 saturated carbocycles. The number of rotatable bonds is 3. The van der Waals surface area contributed by atoms with Crippen molar-refractivity contribution in [3.63, 3.8) is 0 Å². The molecule has 78 valence electrons. The number of aromatic nitrogens is 2. The van der Waals surface area contributed by atoms with Crippen LogP contribution < -0.4 is 5.73 Å². The first kappa shape index (κ1) is 11.5. The van der Waals surface area contributed by atoms with E-state index in [1.165, 1.54) is 6.20 Å². The summed E-state index contributed by atoms with van der Waals surface area (Å²) >= 11 is 9.43. The third kappa shape index (κ3) is 2.48. The van der Waals surface area contributed by atoms with Crippen LogP contribution in [0.25, 0.3) is 0 Å². The number of nitrogen functional groups attached to an aromatic ring is 1. The first-order chi connectivity index (χ1) is 6.56. The molecule has 0 aromatic carbocycles. The number of thiol groups is 1. The Bertz CT molecular complexity index is 326. The lowest BCUT2D eigenvalue weighted by Gasteiger charge is -2.14. The molecule has 2 unspecified atom stereocenters. The van der Waals surface area contributed by atoms with Crippen molar-refractivity contribution in [2.24, 2.45) is 0 Å². The lowest BCUT2D eigenvalue weighted by molar-refractivity contribution is 0.0308. The van der Waals surface area contributed by atoms with E-state index in [4.69, 9.17) is 17.3 Å². The van der Waals surface area contributed by atoms with E-state index in [1.54, 1.807) is 0 Å². The number of aliphatic hydroxyl groups is 2. The molecule has 1 heterocycles. The fourth-order valence-corrected chi connectivity index (χ4v) is 1.17. The molecule has 7 heteroatoms. The van der Waals surface area contributed by atoms with Crippen molar-refractivity contribution >= 4 is 30.0 Å². The van der Waals surface area contributed by atoms with Gasteiger partial charge in [-0.3, -0.25) is 0 Å². The van der Waals surface area contributed by atoms with E-state index >= 15 is 0 Å². The van der Waals surface area contributed by atoms with Gasteiger partial charge in [0.05, 0.1) is 18.0 Å². The first-order valence-corrected chi connectivity index (χ1v) is 4.82. The summed E-state index contributed by atoms with van der Waals surface area (Å²) in [7, 11) is 0. The van der Waals surface area contributed by atoms with Gasteiger partial charge in [-0.05, 0) is 0 Å². The number of anilines is 1. The van der Waals surface area contributed by atoms with Crippen LogP contribution in [0.3, 0.4) is 0 Å². The Morgan fingerprint density at radius 3 is 2.71 bits per heavy atom. The summed E-state index contributed by atoms with van der Waals surface area (Å²) in [5.41, 5.74) is 5.50. The van der Waals surface area contributed by atoms with Crippen molar-refractivity contribution < 1.29 is 10.2 Å². The van der Waals surface area contributed by atoms with Gasteiger partial charge in [-0.15, -0.1) is 0 Å². The third-order valence-corrected chi connectivity index (χ3v) is 2.28. The van der Waals surface area contributed by atoms with Crippen LogP contribution in [0.2, 0.25) is 5.15 Å². The van der Waals surface area contributed by atoms with E-state index in [0.29, 0.717) is 0 Å². The highest BCUT2D eigenvalue weighted by atomic mass is 35.5. The molecule has 0 fully saturated rings. The minimum atomic E-state index is -1.15. The van der Waals surface area contributed by atoms with Crippen molar-refractivity contribution in [1.82, 2.24) is 9.97 Å². The molecule has 4 N–H and O–H groups in total. The summed E-state index contributed by atoms with van der Waals surface area (Å²) in [5, 5.41) is 18.8. The van der Waals surface area contributed by atoms with E-state index in [9.17, 15) is 10.2 Å².